The van der Waals surface area contributed by atoms with Crippen LogP contribution >= 0.6 is 0 Å². The van der Waals surface area contributed by atoms with Crippen molar-refractivity contribution in [2.45, 2.75) is 26.3 Å². The molecule has 9 heteroatoms. The predicted molar refractivity (Wildman–Crippen MR) is 107 cm³/mol. The molecule has 0 spiro atoms. The fourth-order valence-corrected chi connectivity index (χ4v) is 3.91. The highest BCUT2D eigenvalue weighted by Gasteiger charge is 2.26. The van der Waals surface area contributed by atoms with Crippen LogP contribution in [0.2, 0.25) is 0 Å². The van der Waals surface area contributed by atoms with Crippen LogP contribution in [0.4, 0.5) is 5.69 Å². The Morgan fingerprint density at radius 3 is 2.55 bits per heavy atom. The molecule has 1 aromatic carbocycles. The largest absolute Gasteiger partial charge is 0.332 e. The number of hydrogen-bond acceptors (Lipinski definition) is 5. The number of Topliss-reactive ketones (excluding diaryl/α,β-unsaturated/α-hetero) is 1. The van der Waals surface area contributed by atoms with Crippen LogP contribution in [0.1, 0.15) is 35.8 Å². The summed E-state index contributed by atoms with van der Waals surface area (Å²) < 4.78 is 3.80. The number of hydrogen-bond donors (Lipinski definition) is 0. The van der Waals surface area contributed by atoms with E-state index in [0.717, 1.165) is 15.8 Å². The molecule has 2 aromatic heterocycles. The molecule has 9 nitrogen and oxygen atoms in total. The molecule has 4 rings (SSSR count). The van der Waals surface area contributed by atoms with E-state index in [9.17, 15) is 19.2 Å². The van der Waals surface area contributed by atoms with Gasteiger partial charge in [0, 0.05) is 38.8 Å². The number of benzene rings is 1. The number of amides is 1. The summed E-state index contributed by atoms with van der Waals surface area (Å²) in [5, 5.41) is 0. The molecule has 0 saturated heterocycles. The molecule has 0 radical (unpaired) electrons. The van der Waals surface area contributed by atoms with Crippen molar-refractivity contribution in [2.24, 2.45) is 14.1 Å². The Morgan fingerprint density at radius 2 is 1.86 bits per heavy atom. The molecule has 0 fully saturated rings. The third-order valence-electron chi connectivity index (χ3n) is 5.61. The number of aryl methyl sites for hydroxylation is 1. The predicted octanol–water partition coefficient (Wildman–Crippen LogP) is 0.787. The molecule has 1 aliphatic heterocycles. The maximum Gasteiger partial charge on any atom is 0.332 e. The molecule has 0 bridgehead atoms. The summed E-state index contributed by atoms with van der Waals surface area (Å²) in [4.78, 5) is 55.5. The highest BCUT2D eigenvalue weighted by molar-refractivity contribution is 6.01. The summed E-state index contributed by atoms with van der Waals surface area (Å²) in [6.07, 6.45) is 2.11. The molecule has 1 amide bonds. The van der Waals surface area contributed by atoms with Crippen molar-refractivity contribution in [3.05, 3.63) is 56.5 Å². The van der Waals surface area contributed by atoms with Gasteiger partial charge in [-0.05, 0) is 37.1 Å². The first-order valence-corrected chi connectivity index (χ1v) is 9.30. The minimum Gasteiger partial charge on any atom is -0.314 e. The van der Waals surface area contributed by atoms with E-state index < -0.39 is 17.3 Å². The van der Waals surface area contributed by atoms with Crippen molar-refractivity contribution in [3.8, 4) is 0 Å². The van der Waals surface area contributed by atoms with E-state index in [4.69, 9.17) is 0 Å². The number of ketones is 1. The number of carbonyl (C=O) groups is 2. The number of rotatable bonds is 3. The lowest BCUT2D eigenvalue weighted by Crippen LogP contribution is -2.38. The Morgan fingerprint density at radius 1 is 1.14 bits per heavy atom. The van der Waals surface area contributed by atoms with E-state index in [-0.39, 0.29) is 22.9 Å². The molecule has 3 heterocycles. The SMILES string of the molecule is CC(=O)N1CCc2cc(C(=O)[C@H](C)n3cnc4c3c(=O)n(C)c(=O)n4C)ccc21. The average Bonchev–Trinajstić information content (AvgIpc) is 3.33. The van der Waals surface area contributed by atoms with Crippen molar-refractivity contribution in [1.29, 1.82) is 0 Å². The van der Waals surface area contributed by atoms with Crippen LogP contribution in [0.25, 0.3) is 11.2 Å². The molecule has 150 valence electrons. The van der Waals surface area contributed by atoms with Gasteiger partial charge >= 0.3 is 5.69 Å². The molecule has 29 heavy (non-hydrogen) atoms. The van der Waals surface area contributed by atoms with Gasteiger partial charge in [0.25, 0.3) is 5.56 Å². The zero-order valence-corrected chi connectivity index (χ0v) is 16.7. The van der Waals surface area contributed by atoms with E-state index in [1.54, 1.807) is 24.0 Å². The Balaban J connectivity index is 1.76. The summed E-state index contributed by atoms with van der Waals surface area (Å²) >= 11 is 0. The first-order valence-electron chi connectivity index (χ1n) is 9.30. The highest BCUT2D eigenvalue weighted by atomic mass is 16.2. The zero-order chi connectivity index (χ0) is 21.0. The van der Waals surface area contributed by atoms with E-state index >= 15 is 0 Å². The van der Waals surface area contributed by atoms with Crippen LogP contribution in [-0.2, 0) is 25.3 Å². The van der Waals surface area contributed by atoms with Crippen LogP contribution in [0.15, 0.2) is 34.1 Å². The number of anilines is 1. The van der Waals surface area contributed by atoms with Crippen molar-refractivity contribution in [1.82, 2.24) is 18.7 Å². The normalized spacial score (nSPS) is 14.3. The Hall–Kier alpha value is -3.49. The van der Waals surface area contributed by atoms with E-state index in [1.807, 2.05) is 6.07 Å². The van der Waals surface area contributed by atoms with E-state index in [0.29, 0.717) is 18.5 Å². The molecular formula is C20H21N5O4. The summed E-state index contributed by atoms with van der Waals surface area (Å²) in [6, 6.07) is 4.61. The van der Waals surface area contributed by atoms with Crippen LogP contribution in [0, 0.1) is 0 Å². The summed E-state index contributed by atoms with van der Waals surface area (Å²) in [6.45, 7) is 3.82. The molecular weight excluding hydrogens is 374 g/mol. The second-order valence-corrected chi connectivity index (χ2v) is 7.33. The van der Waals surface area contributed by atoms with E-state index in [1.165, 1.54) is 36.5 Å². The number of carbonyl (C=O) groups excluding carboxylic acids is 2. The maximum absolute atomic E-state index is 13.1. The van der Waals surface area contributed by atoms with Gasteiger partial charge in [-0.15, -0.1) is 0 Å². The summed E-state index contributed by atoms with van der Waals surface area (Å²) in [5.41, 5.74) is 1.77. The van der Waals surface area contributed by atoms with Crippen molar-refractivity contribution in [2.75, 3.05) is 11.4 Å². The van der Waals surface area contributed by atoms with Crippen molar-refractivity contribution in [3.63, 3.8) is 0 Å². The number of fused-ring (bicyclic) bond motifs is 2. The summed E-state index contributed by atoms with van der Waals surface area (Å²) in [7, 11) is 2.93. The quantitative estimate of drug-likeness (QED) is 0.611. The van der Waals surface area contributed by atoms with Gasteiger partial charge in [0.05, 0.1) is 12.4 Å². The minimum absolute atomic E-state index is 0.0254. The standard InChI is InChI=1S/C20H21N5O4/c1-11(25-10-21-18-16(25)19(28)23(4)20(29)22(18)3)17(27)14-5-6-15-13(9-14)7-8-24(15)12(2)26/h5-6,9-11H,7-8H2,1-4H3/t11-/m0/s1. The Labute approximate surface area is 165 Å². The minimum atomic E-state index is -0.687. The number of aromatic nitrogens is 4. The van der Waals surface area contributed by atoms with E-state index in [2.05, 4.69) is 4.98 Å². The third-order valence-corrected chi connectivity index (χ3v) is 5.61. The van der Waals surface area contributed by atoms with Gasteiger partial charge in [0.2, 0.25) is 5.91 Å². The third kappa shape index (κ3) is 2.72. The monoisotopic (exact) mass is 395 g/mol. The average molecular weight is 395 g/mol. The molecule has 1 atom stereocenters. The zero-order valence-electron chi connectivity index (χ0n) is 16.7. The fraction of sp³-hybridized carbons (Fsp3) is 0.350. The van der Waals surface area contributed by atoms with Crippen LogP contribution in [0.5, 0.6) is 0 Å². The molecule has 0 unspecified atom stereocenters. The van der Waals surface area contributed by atoms with Gasteiger partial charge < -0.3 is 9.47 Å². The highest BCUT2D eigenvalue weighted by Crippen LogP contribution is 2.30. The second-order valence-electron chi connectivity index (χ2n) is 7.33. The van der Waals surface area contributed by atoms with Gasteiger partial charge in [-0.2, -0.15) is 0 Å². The van der Waals surface area contributed by atoms with Gasteiger partial charge in [-0.25, -0.2) is 9.78 Å². The summed E-state index contributed by atoms with van der Waals surface area (Å²) in [5.74, 6) is -0.202. The lowest BCUT2D eigenvalue weighted by Gasteiger charge is -2.16. The molecule has 0 N–H and O–H groups in total. The number of imidazole rings is 1. The van der Waals surface area contributed by atoms with Gasteiger partial charge in [0.15, 0.2) is 16.9 Å². The van der Waals surface area contributed by atoms with Gasteiger partial charge in [-0.1, -0.05) is 0 Å². The topological polar surface area (TPSA) is 99.2 Å². The first-order chi connectivity index (χ1) is 13.7. The van der Waals surface area contributed by atoms with Crippen molar-refractivity contribution < 1.29 is 9.59 Å². The van der Waals surface area contributed by atoms with Gasteiger partial charge in [0.1, 0.15) is 0 Å². The molecule has 3 aromatic rings. The van der Waals surface area contributed by atoms with Crippen LogP contribution in [-0.4, -0.2) is 36.9 Å². The smallest absolute Gasteiger partial charge is 0.314 e. The fourth-order valence-electron chi connectivity index (χ4n) is 3.91. The van der Waals surface area contributed by atoms with Crippen LogP contribution in [0.3, 0.4) is 0 Å². The second kappa shape index (κ2) is 6.54. The van der Waals surface area contributed by atoms with Crippen molar-refractivity contribution >= 4 is 28.5 Å². The Bertz CT molecular complexity index is 1300. The Kier molecular flexibility index (Phi) is 4.25. The number of nitrogens with zero attached hydrogens (tertiary/aromatic N) is 5. The van der Waals surface area contributed by atoms with Crippen LogP contribution < -0.4 is 16.1 Å². The first kappa shape index (κ1) is 18.9. The molecule has 0 aliphatic carbocycles. The lowest BCUT2D eigenvalue weighted by molar-refractivity contribution is -0.116. The lowest BCUT2D eigenvalue weighted by atomic mass is 10.0. The molecule has 1 aliphatic rings. The maximum atomic E-state index is 13.1. The molecule has 0 saturated carbocycles. The van der Waals surface area contributed by atoms with Gasteiger partial charge in [-0.3, -0.25) is 23.5 Å².